The largest absolute Gasteiger partial charge is 0.383 e. The molecule has 1 aromatic rings. The Hall–Kier alpha value is -1.50. The molecule has 0 aromatic carbocycles. The predicted octanol–water partition coefficient (Wildman–Crippen LogP) is 0.719. The Morgan fingerprint density at radius 1 is 1.53 bits per heavy atom. The van der Waals surface area contributed by atoms with Crippen LogP contribution in [0, 0.1) is 0 Å². The number of nitrogens with one attached hydrogen (secondary N) is 2. The number of aromatic nitrogens is 2. The van der Waals surface area contributed by atoms with E-state index in [2.05, 4.69) is 20.6 Å². The van der Waals surface area contributed by atoms with E-state index in [1.54, 1.807) is 6.07 Å². The number of carbonyl (C=O) groups is 1. The van der Waals surface area contributed by atoms with Crippen LogP contribution in [0.15, 0.2) is 11.2 Å². The van der Waals surface area contributed by atoms with Crippen molar-refractivity contribution in [1.82, 2.24) is 15.3 Å². The molecule has 0 saturated carbocycles. The van der Waals surface area contributed by atoms with Crippen LogP contribution >= 0.6 is 11.8 Å². The molecule has 7 heteroatoms. The minimum atomic E-state index is 0.0205. The number of anilines is 2. The van der Waals surface area contributed by atoms with Gasteiger partial charge < -0.3 is 16.4 Å². The molecule has 0 radical (unpaired) electrons. The second-order valence-corrected chi connectivity index (χ2v) is 4.07. The lowest BCUT2D eigenvalue weighted by atomic mass is 10.4. The summed E-state index contributed by atoms with van der Waals surface area (Å²) < 4.78 is 0. The van der Waals surface area contributed by atoms with Gasteiger partial charge in [-0.3, -0.25) is 4.79 Å². The van der Waals surface area contributed by atoms with Crippen LogP contribution in [-0.4, -0.2) is 35.2 Å². The second-order valence-electron chi connectivity index (χ2n) is 3.30. The van der Waals surface area contributed by atoms with E-state index >= 15 is 0 Å². The predicted molar refractivity (Wildman–Crippen MR) is 70.0 cm³/mol. The smallest absolute Gasteiger partial charge is 0.221 e. The van der Waals surface area contributed by atoms with Crippen LogP contribution < -0.4 is 16.4 Å². The van der Waals surface area contributed by atoms with Gasteiger partial charge in [-0.05, 0) is 13.2 Å². The summed E-state index contributed by atoms with van der Waals surface area (Å²) >= 11 is 1.42. The zero-order valence-electron chi connectivity index (χ0n) is 9.99. The first-order chi connectivity index (χ1) is 8.15. The van der Waals surface area contributed by atoms with Gasteiger partial charge >= 0.3 is 0 Å². The Balaban J connectivity index is 2.46. The number of nitrogens with two attached hydrogens (primary N) is 1. The van der Waals surface area contributed by atoms with Crippen molar-refractivity contribution in [2.45, 2.75) is 18.5 Å². The summed E-state index contributed by atoms with van der Waals surface area (Å²) in [6, 6.07) is 1.65. The molecule has 17 heavy (non-hydrogen) atoms. The maximum atomic E-state index is 11.2. The molecule has 6 nitrogen and oxygen atoms in total. The average Bonchev–Trinajstić information content (AvgIpc) is 2.28. The fraction of sp³-hybridized carbons (Fsp3) is 0.500. The third-order valence-corrected chi connectivity index (χ3v) is 2.49. The second kappa shape index (κ2) is 6.95. The SMILES string of the molecule is CCNC(=O)CCNc1cc(N)nc(SC)n1. The fourth-order valence-corrected chi connectivity index (χ4v) is 1.60. The summed E-state index contributed by atoms with van der Waals surface area (Å²) in [5.41, 5.74) is 5.63. The Bertz CT molecular complexity index is 385. The van der Waals surface area contributed by atoms with E-state index < -0.39 is 0 Å². The van der Waals surface area contributed by atoms with Crippen molar-refractivity contribution >= 4 is 29.3 Å². The number of hydrogen-bond donors (Lipinski definition) is 3. The van der Waals surface area contributed by atoms with E-state index in [1.165, 1.54) is 11.8 Å². The summed E-state index contributed by atoms with van der Waals surface area (Å²) in [5, 5.41) is 6.39. The molecule has 0 bridgehead atoms. The number of hydrogen-bond acceptors (Lipinski definition) is 6. The van der Waals surface area contributed by atoms with Gasteiger partial charge in [-0.15, -0.1) is 0 Å². The van der Waals surface area contributed by atoms with Crippen molar-refractivity contribution in [1.29, 1.82) is 0 Å². The van der Waals surface area contributed by atoms with Crippen LogP contribution in [0.4, 0.5) is 11.6 Å². The third-order valence-electron chi connectivity index (χ3n) is 1.94. The molecule has 0 fully saturated rings. The van der Waals surface area contributed by atoms with Gasteiger partial charge in [0.05, 0.1) is 0 Å². The molecule has 0 unspecified atom stereocenters. The van der Waals surface area contributed by atoms with Crippen LogP contribution in [0.5, 0.6) is 0 Å². The Morgan fingerprint density at radius 3 is 2.94 bits per heavy atom. The van der Waals surface area contributed by atoms with Crippen LogP contribution in [-0.2, 0) is 4.79 Å². The number of rotatable bonds is 6. The topological polar surface area (TPSA) is 92.9 Å². The van der Waals surface area contributed by atoms with Crippen molar-refractivity contribution in [3.8, 4) is 0 Å². The average molecular weight is 255 g/mol. The Labute approximate surface area is 105 Å². The number of nitrogen functional groups attached to an aromatic ring is 1. The minimum absolute atomic E-state index is 0.0205. The molecule has 0 saturated heterocycles. The zero-order chi connectivity index (χ0) is 12.7. The first-order valence-electron chi connectivity index (χ1n) is 5.34. The third kappa shape index (κ3) is 4.90. The Morgan fingerprint density at radius 2 is 2.29 bits per heavy atom. The number of thioether (sulfide) groups is 1. The van der Waals surface area contributed by atoms with Crippen molar-refractivity contribution in [3.63, 3.8) is 0 Å². The fourth-order valence-electron chi connectivity index (χ4n) is 1.21. The quantitative estimate of drug-likeness (QED) is 0.512. The summed E-state index contributed by atoms with van der Waals surface area (Å²) in [6.45, 7) is 3.06. The molecule has 1 aromatic heterocycles. The zero-order valence-corrected chi connectivity index (χ0v) is 10.8. The molecule has 0 aliphatic rings. The molecule has 1 rings (SSSR count). The van der Waals surface area contributed by atoms with E-state index in [1.807, 2.05) is 13.2 Å². The van der Waals surface area contributed by atoms with Crippen molar-refractivity contribution in [3.05, 3.63) is 6.07 Å². The van der Waals surface area contributed by atoms with Crippen LogP contribution in [0.25, 0.3) is 0 Å². The minimum Gasteiger partial charge on any atom is -0.383 e. The van der Waals surface area contributed by atoms with E-state index in [4.69, 9.17) is 5.73 Å². The van der Waals surface area contributed by atoms with Gasteiger partial charge in [0.25, 0.3) is 0 Å². The van der Waals surface area contributed by atoms with Gasteiger partial charge in [-0.2, -0.15) is 0 Å². The van der Waals surface area contributed by atoms with Crippen molar-refractivity contribution in [2.24, 2.45) is 0 Å². The summed E-state index contributed by atoms with van der Waals surface area (Å²) in [4.78, 5) is 19.5. The van der Waals surface area contributed by atoms with Gasteiger partial charge in [0.15, 0.2) is 5.16 Å². The summed E-state index contributed by atoms with van der Waals surface area (Å²) in [6.07, 6.45) is 2.29. The van der Waals surface area contributed by atoms with E-state index in [9.17, 15) is 4.79 Å². The Kier molecular flexibility index (Phi) is 5.55. The molecule has 0 spiro atoms. The molecule has 0 aliphatic carbocycles. The monoisotopic (exact) mass is 255 g/mol. The van der Waals surface area contributed by atoms with Crippen LogP contribution in [0.2, 0.25) is 0 Å². The number of amides is 1. The van der Waals surface area contributed by atoms with Gasteiger partial charge in [-0.1, -0.05) is 11.8 Å². The lowest BCUT2D eigenvalue weighted by molar-refractivity contribution is -0.120. The highest BCUT2D eigenvalue weighted by atomic mass is 32.2. The molecule has 0 atom stereocenters. The number of nitrogens with zero attached hydrogens (tertiary/aromatic N) is 2. The highest BCUT2D eigenvalue weighted by molar-refractivity contribution is 7.98. The lowest BCUT2D eigenvalue weighted by Gasteiger charge is -2.07. The van der Waals surface area contributed by atoms with Gasteiger partial charge in [-0.25, -0.2) is 9.97 Å². The molecule has 1 heterocycles. The summed E-state index contributed by atoms with van der Waals surface area (Å²) in [5.74, 6) is 1.09. The van der Waals surface area contributed by atoms with Crippen molar-refractivity contribution in [2.75, 3.05) is 30.4 Å². The highest BCUT2D eigenvalue weighted by Crippen LogP contribution is 2.14. The van der Waals surface area contributed by atoms with E-state index in [-0.39, 0.29) is 5.91 Å². The van der Waals surface area contributed by atoms with Gasteiger partial charge in [0.2, 0.25) is 5.91 Å². The maximum absolute atomic E-state index is 11.2. The van der Waals surface area contributed by atoms with E-state index in [0.717, 1.165) is 0 Å². The standard InChI is InChI=1S/C10H17N5OS/c1-3-12-9(16)4-5-13-8-6-7(11)14-10(15-8)17-2/h6H,3-5H2,1-2H3,(H,12,16)(H3,11,13,14,15). The normalized spacial score (nSPS) is 10.0. The molecule has 1 amide bonds. The van der Waals surface area contributed by atoms with Gasteiger partial charge in [0.1, 0.15) is 11.6 Å². The number of carbonyl (C=O) groups excluding carboxylic acids is 1. The molecule has 0 aliphatic heterocycles. The summed E-state index contributed by atoms with van der Waals surface area (Å²) in [7, 11) is 0. The first-order valence-corrected chi connectivity index (χ1v) is 6.57. The molecule has 94 valence electrons. The lowest BCUT2D eigenvalue weighted by Crippen LogP contribution is -2.24. The van der Waals surface area contributed by atoms with Crippen LogP contribution in [0.3, 0.4) is 0 Å². The van der Waals surface area contributed by atoms with E-state index in [0.29, 0.717) is 36.3 Å². The molecular formula is C10H17N5OS. The first kappa shape index (κ1) is 13.6. The van der Waals surface area contributed by atoms with Gasteiger partial charge in [0, 0.05) is 25.6 Å². The maximum Gasteiger partial charge on any atom is 0.221 e. The molecule has 4 N–H and O–H groups in total. The van der Waals surface area contributed by atoms with Crippen molar-refractivity contribution < 1.29 is 4.79 Å². The van der Waals surface area contributed by atoms with Crippen LogP contribution in [0.1, 0.15) is 13.3 Å². The molecular weight excluding hydrogens is 238 g/mol. The highest BCUT2D eigenvalue weighted by Gasteiger charge is 2.03.